The third-order valence-corrected chi connectivity index (χ3v) is 5.40. The minimum Gasteiger partial charge on any atom is -0.497 e. The zero-order chi connectivity index (χ0) is 17.9. The second-order valence-electron chi connectivity index (χ2n) is 7.26. The van der Waals surface area contributed by atoms with Crippen molar-refractivity contribution in [2.24, 2.45) is 11.7 Å². The Bertz CT molecular complexity index is 587. The molecule has 0 atom stereocenters. The first-order valence-corrected chi connectivity index (χ1v) is 9.06. The molecule has 0 unspecified atom stereocenters. The highest BCUT2D eigenvalue weighted by Crippen LogP contribution is 2.41. The van der Waals surface area contributed by atoms with Crippen LogP contribution < -0.4 is 10.5 Å². The van der Waals surface area contributed by atoms with Gasteiger partial charge in [-0.15, -0.1) is 0 Å². The summed E-state index contributed by atoms with van der Waals surface area (Å²) in [5, 5.41) is 0. The molecule has 1 saturated carbocycles. The van der Waals surface area contributed by atoms with Gasteiger partial charge in [-0.05, 0) is 37.0 Å². The van der Waals surface area contributed by atoms with Crippen LogP contribution in [0.15, 0.2) is 24.3 Å². The molecule has 0 spiro atoms. The van der Waals surface area contributed by atoms with Crippen molar-refractivity contribution in [3.8, 4) is 5.75 Å². The van der Waals surface area contributed by atoms with Gasteiger partial charge in [0.1, 0.15) is 11.4 Å². The molecule has 1 amide bonds. The lowest BCUT2D eigenvalue weighted by Crippen LogP contribution is -2.52. The molecule has 2 fully saturated rings. The smallest absolute Gasteiger partial charge is 0.225 e. The average Bonchev–Trinajstić information content (AvgIpc) is 2.84. The largest absolute Gasteiger partial charge is 0.497 e. The molecule has 3 rings (SSSR count). The maximum Gasteiger partial charge on any atom is 0.225 e. The van der Waals surface area contributed by atoms with E-state index in [1.807, 2.05) is 17.0 Å². The van der Waals surface area contributed by atoms with Crippen molar-refractivity contribution in [1.82, 2.24) is 9.80 Å². The Morgan fingerprint density at radius 1 is 1.24 bits per heavy atom. The standard InChI is InChI=1S/C19H28FN3O2/c1-25-17-5-3-15(4-6-17)13-22-7-2-8-23(10-9-22)18(24)16-11-19(20,12-16)14-21/h3-6,16H,2,7-14,21H2,1H3. The normalized spacial score (nSPS) is 27.5. The maximum atomic E-state index is 13.9. The third-order valence-electron chi connectivity index (χ3n) is 5.40. The number of hydrogen-bond donors (Lipinski definition) is 1. The summed E-state index contributed by atoms with van der Waals surface area (Å²) in [6.07, 6.45) is 1.52. The first-order valence-electron chi connectivity index (χ1n) is 9.06. The molecule has 2 aliphatic rings. The van der Waals surface area contributed by atoms with Gasteiger partial charge in [-0.3, -0.25) is 9.69 Å². The lowest BCUT2D eigenvalue weighted by Gasteiger charge is -2.41. The number of halogens is 1. The van der Waals surface area contributed by atoms with Crippen LogP contribution in [0.1, 0.15) is 24.8 Å². The van der Waals surface area contributed by atoms with Gasteiger partial charge in [-0.25, -0.2) is 4.39 Å². The Hall–Kier alpha value is -1.66. The molecule has 25 heavy (non-hydrogen) atoms. The van der Waals surface area contributed by atoms with Crippen LogP contribution in [0.4, 0.5) is 4.39 Å². The minimum atomic E-state index is -1.31. The summed E-state index contributed by atoms with van der Waals surface area (Å²) >= 11 is 0. The van der Waals surface area contributed by atoms with Crippen LogP contribution in [0.2, 0.25) is 0 Å². The van der Waals surface area contributed by atoms with E-state index >= 15 is 0 Å². The molecule has 1 aliphatic heterocycles. The fourth-order valence-corrected chi connectivity index (χ4v) is 3.76. The molecule has 6 heteroatoms. The SMILES string of the molecule is COc1ccc(CN2CCCN(C(=O)C3CC(F)(CN)C3)CC2)cc1. The van der Waals surface area contributed by atoms with Crippen LogP contribution >= 0.6 is 0 Å². The van der Waals surface area contributed by atoms with E-state index in [9.17, 15) is 9.18 Å². The van der Waals surface area contributed by atoms with E-state index in [1.165, 1.54) is 5.56 Å². The molecule has 1 saturated heterocycles. The van der Waals surface area contributed by atoms with Gasteiger partial charge in [0, 0.05) is 45.2 Å². The predicted molar refractivity (Wildman–Crippen MR) is 95.1 cm³/mol. The summed E-state index contributed by atoms with van der Waals surface area (Å²) in [6.45, 7) is 4.19. The molecule has 5 nitrogen and oxygen atoms in total. The summed E-state index contributed by atoms with van der Waals surface area (Å²) in [4.78, 5) is 16.8. The Morgan fingerprint density at radius 2 is 1.96 bits per heavy atom. The van der Waals surface area contributed by atoms with Gasteiger partial charge in [0.25, 0.3) is 0 Å². The van der Waals surface area contributed by atoms with Gasteiger partial charge in [0.2, 0.25) is 5.91 Å². The van der Waals surface area contributed by atoms with Crippen molar-refractivity contribution in [2.45, 2.75) is 31.5 Å². The van der Waals surface area contributed by atoms with E-state index in [4.69, 9.17) is 10.5 Å². The number of methoxy groups -OCH3 is 1. The predicted octanol–water partition coefficient (Wildman–Crippen LogP) is 1.81. The average molecular weight is 349 g/mol. The zero-order valence-corrected chi connectivity index (χ0v) is 14.9. The molecule has 1 heterocycles. The van der Waals surface area contributed by atoms with Gasteiger partial charge in [0.05, 0.1) is 7.11 Å². The first-order chi connectivity index (χ1) is 12.0. The number of ether oxygens (including phenoxy) is 1. The quantitative estimate of drug-likeness (QED) is 0.881. The Balaban J connectivity index is 1.49. The summed E-state index contributed by atoms with van der Waals surface area (Å²) < 4.78 is 19.1. The highest BCUT2D eigenvalue weighted by molar-refractivity contribution is 5.80. The minimum absolute atomic E-state index is 0.0203. The van der Waals surface area contributed by atoms with Crippen LogP contribution in [-0.2, 0) is 11.3 Å². The molecular formula is C19H28FN3O2. The maximum absolute atomic E-state index is 13.9. The van der Waals surface area contributed by atoms with Crippen molar-refractivity contribution in [2.75, 3.05) is 39.8 Å². The Labute approximate surface area is 148 Å². The Kier molecular flexibility index (Phi) is 5.59. The topological polar surface area (TPSA) is 58.8 Å². The molecule has 2 N–H and O–H groups in total. The van der Waals surface area contributed by atoms with E-state index < -0.39 is 5.67 Å². The van der Waals surface area contributed by atoms with Gasteiger partial charge < -0.3 is 15.4 Å². The van der Waals surface area contributed by atoms with Crippen LogP contribution in [0, 0.1) is 5.92 Å². The van der Waals surface area contributed by atoms with E-state index in [0.29, 0.717) is 6.54 Å². The zero-order valence-electron chi connectivity index (χ0n) is 14.9. The highest BCUT2D eigenvalue weighted by Gasteiger charge is 2.48. The molecule has 1 aliphatic carbocycles. The third kappa shape index (κ3) is 4.30. The second kappa shape index (κ2) is 7.70. The van der Waals surface area contributed by atoms with Gasteiger partial charge in [-0.2, -0.15) is 0 Å². The number of alkyl halides is 1. The van der Waals surface area contributed by atoms with Crippen LogP contribution in [0.5, 0.6) is 5.75 Å². The number of nitrogens with two attached hydrogens (primary N) is 1. The van der Waals surface area contributed by atoms with Gasteiger partial charge >= 0.3 is 0 Å². The summed E-state index contributed by atoms with van der Waals surface area (Å²) in [5.41, 5.74) is 5.36. The number of carbonyl (C=O) groups is 1. The number of rotatable bonds is 5. The fourth-order valence-electron chi connectivity index (χ4n) is 3.76. The fraction of sp³-hybridized carbons (Fsp3) is 0.632. The number of nitrogens with zero attached hydrogens (tertiary/aromatic N) is 2. The van der Waals surface area contributed by atoms with Crippen molar-refractivity contribution < 1.29 is 13.9 Å². The molecule has 0 aromatic heterocycles. The second-order valence-corrected chi connectivity index (χ2v) is 7.26. The molecule has 0 radical (unpaired) electrons. The summed E-state index contributed by atoms with van der Waals surface area (Å²) in [5.74, 6) is 0.785. The van der Waals surface area contributed by atoms with Crippen LogP contribution in [-0.4, -0.2) is 61.2 Å². The molecule has 0 bridgehead atoms. The summed E-state index contributed by atoms with van der Waals surface area (Å²) in [6, 6.07) is 8.10. The van der Waals surface area contributed by atoms with Crippen molar-refractivity contribution in [1.29, 1.82) is 0 Å². The molecule has 1 aromatic rings. The lowest BCUT2D eigenvalue weighted by molar-refractivity contribution is -0.144. The lowest BCUT2D eigenvalue weighted by atomic mass is 9.71. The van der Waals surface area contributed by atoms with E-state index in [0.717, 1.165) is 38.3 Å². The van der Waals surface area contributed by atoms with E-state index in [1.54, 1.807) is 7.11 Å². The monoisotopic (exact) mass is 349 g/mol. The van der Waals surface area contributed by atoms with Crippen LogP contribution in [0.3, 0.4) is 0 Å². The van der Waals surface area contributed by atoms with Gasteiger partial charge in [0.15, 0.2) is 0 Å². The number of benzene rings is 1. The van der Waals surface area contributed by atoms with Crippen molar-refractivity contribution >= 4 is 5.91 Å². The molecule has 138 valence electrons. The molecule has 1 aromatic carbocycles. The van der Waals surface area contributed by atoms with Crippen LogP contribution in [0.25, 0.3) is 0 Å². The highest BCUT2D eigenvalue weighted by atomic mass is 19.1. The summed E-state index contributed by atoms with van der Waals surface area (Å²) in [7, 11) is 1.66. The van der Waals surface area contributed by atoms with Gasteiger partial charge in [-0.1, -0.05) is 12.1 Å². The van der Waals surface area contributed by atoms with Crippen molar-refractivity contribution in [3.05, 3.63) is 29.8 Å². The molecular weight excluding hydrogens is 321 g/mol. The number of hydrogen-bond acceptors (Lipinski definition) is 4. The van der Waals surface area contributed by atoms with E-state index in [2.05, 4.69) is 17.0 Å². The number of carbonyl (C=O) groups excluding carboxylic acids is 1. The number of amides is 1. The first kappa shape index (κ1) is 18.1. The van der Waals surface area contributed by atoms with Crippen molar-refractivity contribution in [3.63, 3.8) is 0 Å². The van der Waals surface area contributed by atoms with E-state index in [-0.39, 0.29) is 31.2 Å². The Morgan fingerprint density at radius 3 is 2.60 bits per heavy atom.